The van der Waals surface area contributed by atoms with Crippen LogP contribution in [0.1, 0.15) is 0 Å². The van der Waals surface area contributed by atoms with Crippen LogP contribution in [0.15, 0.2) is 272 Å². The van der Waals surface area contributed by atoms with E-state index >= 15 is 0 Å². The van der Waals surface area contributed by atoms with Crippen molar-refractivity contribution in [3.63, 3.8) is 0 Å². The molecule has 0 aliphatic rings. The Hall–Kier alpha value is -9.78. The molecule has 6 heteroatoms. The van der Waals surface area contributed by atoms with Crippen LogP contribution >= 0.6 is 0 Å². The summed E-state index contributed by atoms with van der Waals surface area (Å²) >= 11 is 0. The first kappa shape index (κ1) is 41.2. The van der Waals surface area contributed by atoms with Gasteiger partial charge in [-0.3, -0.25) is 0 Å². The summed E-state index contributed by atoms with van der Waals surface area (Å²) in [4.78, 5) is 4.52. The summed E-state index contributed by atoms with van der Waals surface area (Å²) < 4.78 is 28.4. The number of fused-ring (bicyclic) bond motifs is 11. The predicted octanol–water partition coefficient (Wildman–Crippen LogP) is 19.4. The number of hydrogen-bond acceptors (Lipinski definition) is 6. The fraction of sp³-hybridized carbons (Fsp3) is 0. The molecule has 0 amide bonds. The molecular formula is C66H42N2O4. The van der Waals surface area contributed by atoms with Gasteiger partial charge in [0.05, 0.1) is 10.8 Å². The Bertz CT molecular complexity index is 3870. The fourth-order valence-electron chi connectivity index (χ4n) is 10.3. The van der Waals surface area contributed by atoms with Crippen molar-refractivity contribution in [3.8, 4) is 45.3 Å². The first-order chi connectivity index (χ1) is 35.7. The second-order valence-corrected chi connectivity index (χ2v) is 18.0. The number of nitrogens with zero attached hydrogens (tertiary/aromatic N) is 2. The van der Waals surface area contributed by atoms with E-state index in [1.54, 1.807) is 0 Å². The molecule has 6 nitrogen and oxygen atoms in total. The molecule has 0 atom stereocenters. The van der Waals surface area contributed by atoms with Gasteiger partial charge in [0.1, 0.15) is 45.4 Å². The Morgan fingerprint density at radius 1 is 0.208 bits per heavy atom. The maximum absolute atomic E-state index is 7.19. The Balaban J connectivity index is 0.987. The van der Waals surface area contributed by atoms with Crippen LogP contribution in [0.3, 0.4) is 0 Å². The number of furan rings is 4. The lowest BCUT2D eigenvalue weighted by Crippen LogP contribution is -2.09. The summed E-state index contributed by atoms with van der Waals surface area (Å²) in [6.07, 6.45) is 0. The lowest BCUT2D eigenvalue weighted by Gasteiger charge is -2.25. The summed E-state index contributed by atoms with van der Waals surface area (Å²) in [5.41, 5.74) is 12.9. The van der Waals surface area contributed by atoms with Gasteiger partial charge in [-0.25, -0.2) is 0 Å². The number of anilines is 6. The third-order valence-electron chi connectivity index (χ3n) is 13.7. The van der Waals surface area contributed by atoms with E-state index in [0.717, 1.165) is 112 Å². The van der Waals surface area contributed by atoms with Crippen LogP contribution in [-0.4, -0.2) is 0 Å². The Morgan fingerprint density at radius 3 is 0.667 bits per heavy atom. The van der Waals surface area contributed by atoms with Gasteiger partial charge in [0.25, 0.3) is 0 Å². The lowest BCUT2D eigenvalue weighted by molar-refractivity contribution is 0.620. The molecule has 10 aromatic carbocycles. The van der Waals surface area contributed by atoms with Crippen molar-refractivity contribution in [2.75, 3.05) is 9.80 Å². The van der Waals surface area contributed by atoms with Crippen LogP contribution in [0, 0.1) is 0 Å². The third-order valence-corrected chi connectivity index (χ3v) is 13.7. The van der Waals surface area contributed by atoms with Gasteiger partial charge < -0.3 is 27.5 Å². The van der Waals surface area contributed by atoms with Gasteiger partial charge in [0, 0.05) is 77.9 Å². The molecule has 0 fully saturated rings. The molecule has 72 heavy (non-hydrogen) atoms. The van der Waals surface area contributed by atoms with Gasteiger partial charge in [-0.1, -0.05) is 133 Å². The van der Waals surface area contributed by atoms with Crippen LogP contribution in [0.2, 0.25) is 0 Å². The highest BCUT2D eigenvalue weighted by molar-refractivity contribution is 6.36. The molecule has 0 aliphatic carbocycles. The van der Waals surface area contributed by atoms with Crippen LogP contribution in [0.5, 0.6) is 0 Å². The van der Waals surface area contributed by atoms with E-state index in [1.165, 1.54) is 0 Å². The first-order valence-corrected chi connectivity index (χ1v) is 24.1. The summed E-state index contributed by atoms with van der Waals surface area (Å²) in [6, 6.07) is 87.9. The Labute approximate surface area is 414 Å². The second kappa shape index (κ2) is 17.0. The largest absolute Gasteiger partial charge is 0.455 e. The molecule has 14 rings (SSSR count). The molecule has 0 N–H and O–H groups in total. The highest BCUT2D eigenvalue weighted by Crippen LogP contribution is 2.51. The van der Waals surface area contributed by atoms with Gasteiger partial charge in [-0.05, 0) is 121 Å². The molecule has 0 bridgehead atoms. The maximum atomic E-state index is 7.19. The molecule has 0 saturated carbocycles. The van der Waals surface area contributed by atoms with E-state index < -0.39 is 0 Å². The Morgan fingerprint density at radius 2 is 0.417 bits per heavy atom. The molecule has 4 aromatic heterocycles. The molecule has 14 aromatic rings. The van der Waals surface area contributed by atoms with Crippen molar-refractivity contribution in [2.24, 2.45) is 0 Å². The summed E-state index contributed by atoms with van der Waals surface area (Å²) in [6.45, 7) is 0. The number of benzene rings is 10. The quantitative estimate of drug-likeness (QED) is 0.136. The zero-order chi connectivity index (χ0) is 47.5. The van der Waals surface area contributed by atoms with Gasteiger partial charge >= 0.3 is 0 Å². The molecule has 340 valence electrons. The van der Waals surface area contributed by atoms with E-state index in [4.69, 9.17) is 17.7 Å². The normalized spacial score (nSPS) is 11.6. The maximum Gasteiger partial charge on any atom is 0.147 e. The molecule has 0 aliphatic heterocycles. The smallest absolute Gasteiger partial charge is 0.147 e. The molecule has 0 spiro atoms. The second-order valence-electron chi connectivity index (χ2n) is 18.0. The average Bonchev–Trinajstić information content (AvgIpc) is 4.29. The van der Waals surface area contributed by atoms with Crippen LogP contribution in [-0.2, 0) is 0 Å². The number of rotatable bonds is 10. The zero-order valence-corrected chi connectivity index (χ0v) is 38.8. The number of para-hydroxylation sites is 4. The minimum atomic E-state index is 0.689. The van der Waals surface area contributed by atoms with Crippen LogP contribution in [0.4, 0.5) is 34.1 Å². The van der Waals surface area contributed by atoms with Crippen molar-refractivity contribution in [2.45, 2.75) is 0 Å². The fourth-order valence-corrected chi connectivity index (χ4v) is 10.3. The molecule has 0 radical (unpaired) electrons. The van der Waals surface area contributed by atoms with Crippen molar-refractivity contribution >= 4 is 88.8 Å². The molecule has 4 heterocycles. The van der Waals surface area contributed by atoms with E-state index in [9.17, 15) is 0 Å². The minimum Gasteiger partial charge on any atom is -0.455 e. The van der Waals surface area contributed by atoms with Gasteiger partial charge in [-0.2, -0.15) is 0 Å². The van der Waals surface area contributed by atoms with E-state index in [2.05, 4.69) is 204 Å². The molecule has 0 saturated heterocycles. The number of hydrogen-bond donors (Lipinski definition) is 0. The van der Waals surface area contributed by atoms with E-state index in [1.807, 2.05) is 60.7 Å². The van der Waals surface area contributed by atoms with Crippen LogP contribution in [0.25, 0.3) is 99.9 Å². The third kappa shape index (κ3) is 6.96. The van der Waals surface area contributed by atoms with Crippen molar-refractivity contribution in [1.82, 2.24) is 0 Å². The van der Waals surface area contributed by atoms with Gasteiger partial charge in [0.2, 0.25) is 0 Å². The average molecular weight is 927 g/mol. The standard InChI is InChI=1S/C66H42N2O4/c1-7-19-43(20-8-1)57-39-53-55-41-59(45-31-35-51(36-32-45)67(47-23-11-3-12-24-47)48-25-13-4-14-26-48)71-65(55)62-61(63(53)69-57)64-54(40-58(70-64)44-21-9-2-10-22-44)56-42-60(72-66(56)62)46-33-37-52(38-34-46)68(49-27-15-5-16-28-49)50-29-17-6-18-30-50/h1-42H. The van der Waals surface area contributed by atoms with Crippen molar-refractivity contribution in [3.05, 3.63) is 255 Å². The monoisotopic (exact) mass is 926 g/mol. The lowest BCUT2D eigenvalue weighted by atomic mass is 9.98. The van der Waals surface area contributed by atoms with E-state index in [0.29, 0.717) is 22.3 Å². The highest BCUT2D eigenvalue weighted by Gasteiger charge is 2.28. The van der Waals surface area contributed by atoms with Gasteiger partial charge in [0.15, 0.2) is 0 Å². The van der Waals surface area contributed by atoms with Crippen LogP contribution < -0.4 is 9.80 Å². The Kier molecular flexibility index (Phi) is 9.74. The summed E-state index contributed by atoms with van der Waals surface area (Å²) in [7, 11) is 0. The summed E-state index contributed by atoms with van der Waals surface area (Å²) in [5, 5.41) is 5.25. The highest BCUT2D eigenvalue weighted by atomic mass is 16.4. The minimum absolute atomic E-state index is 0.689. The van der Waals surface area contributed by atoms with Crippen molar-refractivity contribution < 1.29 is 17.7 Å². The molecule has 0 unspecified atom stereocenters. The van der Waals surface area contributed by atoms with Crippen molar-refractivity contribution in [1.29, 1.82) is 0 Å². The molecular weight excluding hydrogens is 885 g/mol. The topological polar surface area (TPSA) is 59.0 Å². The summed E-state index contributed by atoms with van der Waals surface area (Å²) in [5.74, 6) is 2.94. The van der Waals surface area contributed by atoms with Gasteiger partial charge in [-0.15, -0.1) is 0 Å². The van der Waals surface area contributed by atoms with E-state index in [-0.39, 0.29) is 0 Å². The first-order valence-electron chi connectivity index (χ1n) is 24.1. The predicted molar refractivity (Wildman–Crippen MR) is 294 cm³/mol. The SMILES string of the molecule is c1ccc(-c2cc3c4cc(-c5ccc(N(c6ccccc6)c6ccccc6)cc5)oc4c4c5oc(-c6ccc(N(c7ccccc7)c7ccccc7)cc6)cc5c5cc(-c6ccccc6)oc5c4c3o2)cc1. The zero-order valence-electron chi connectivity index (χ0n) is 38.8.